The van der Waals surface area contributed by atoms with Crippen molar-refractivity contribution in [3.63, 3.8) is 0 Å². The van der Waals surface area contributed by atoms with Gasteiger partial charge in [-0.15, -0.1) is 0 Å². The Kier molecular flexibility index (Phi) is 6.87. The zero-order valence-corrected chi connectivity index (χ0v) is 15.5. The molecule has 0 saturated heterocycles. The molecule has 0 aliphatic heterocycles. The molecule has 1 unspecified atom stereocenters. The van der Waals surface area contributed by atoms with Crippen LogP contribution in [-0.4, -0.2) is 20.1 Å². The predicted octanol–water partition coefficient (Wildman–Crippen LogP) is 5.78. The summed E-state index contributed by atoms with van der Waals surface area (Å²) in [6.07, 6.45) is 4.78. The Morgan fingerprint density at radius 2 is 1.35 bits per heavy atom. The molecule has 1 nitrogen and oxygen atoms in total. The summed E-state index contributed by atoms with van der Waals surface area (Å²) in [5.41, 5.74) is 0.692. The Balaban J connectivity index is 4.48. The fourth-order valence-electron chi connectivity index (χ4n) is 2.73. The van der Waals surface area contributed by atoms with Crippen molar-refractivity contribution in [1.82, 2.24) is 0 Å². The van der Waals surface area contributed by atoms with Crippen LogP contribution in [-0.2, 0) is 4.74 Å². The van der Waals surface area contributed by atoms with Gasteiger partial charge in [-0.3, -0.25) is 0 Å². The van der Waals surface area contributed by atoms with E-state index in [9.17, 15) is 0 Å². The first-order valence-electron chi connectivity index (χ1n) is 8.11. The van der Waals surface area contributed by atoms with Gasteiger partial charge in [-0.1, -0.05) is 54.9 Å². The molecule has 20 heavy (non-hydrogen) atoms. The summed E-state index contributed by atoms with van der Waals surface area (Å²) in [6, 6.07) is 0. The zero-order chi connectivity index (χ0) is 16.2. The Hall–Kier alpha value is 0.0249. The van der Waals surface area contributed by atoms with Crippen LogP contribution in [0.3, 0.4) is 0 Å². The quantitative estimate of drug-likeness (QED) is 0.512. The third-order valence-electron chi connectivity index (χ3n) is 3.98. The fraction of sp³-hybridized carbons (Fsp3) is 1.00. The molecule has 0 amide bonds. The average Bonchev–Trinajstić information content (AvgIpc) is 2.21. The van der Waals surface area contributed by atoms with Crippen molar-refractivity contribution in [2.75, 3.05) is 6.61 Å². The van der Waals surface area contributed by atoms with Gasteiger partial charge >= 0.3 is 0 Å². The SMILES string of the molecule is [B]C(C)(C)COC(C)(C)CCC(C)(CC)CC(C)(C)C. The summed E-state index contributed by atoms with van der Waals surface area (Å²) in [5.74, 6) is 0. The second-order valence-corrected chi connectivity index (χ2v) is 9.44. The Labute approximate surface area is 129 Å². The minimum absolute atomic E-state index is 0.0923. The molecule has 2 radical (unpaired) electrons. The highest BCUT2D eigenvalue weighted by Crippen LogP contribution is 2.41. The Morgan fingerprint density at radius 1 is 0.850 bits per heavy atom. The molecule has 0 aromatic carbocycles. The molecule has 0 spiro atoms. The number of ether oxygens (including phenoxy) is 1. The van der Waals surface area contributed by atoms with Gasteiger partial charge < -0.3 is 4.74 Å². The lowest BCUT2D eigenvalue weighted by Crippen LogP contribution is -2.32. The van der Waals surface area contributed by atoms with Crippen molar-refractivity contribution in [3.05, 3.63) is 0 Å². The average molecular weight is 280 g/mol. The van der Waals surface area contributed by atoms with Crippen molar-refractivity contribution in [1.29, 1.82) is 0 Å². The maximum atomic E-state index is 6.04. The highest BCUT2D eigenvalue weighted by Gasteiger charge is 2.31. The van der Waals surface area contributed by atoms with Gasteiger partial charge in [-0.05, 0) is 49.3 Å². The van der Waals surface area contributed by atoms with Crippen molar-refractivity contribution >= 4 is 7.85 Å². The van der Waals surface area contributed by atoms with Crippen LogP contribution < -0.4 is 0 Å². The maximum Gasteiger partial charge on any atom is 0.0770 e. The lowest BCUT2D eigenvalue weighted by molar-refractivity contribution is -0.0424. The molecule has 0 aliphatic carbocycles. The summed E-state index contributed by atoms with van der Waals surface area (Å²) in [7, 11) is 6.01. The molecule has 0 fully saturated rings. The maximum absolute atomic E-state index is 6.04. The summed E-state index contributed by atoms with van der Waals surface area (Å²) < 4.78 is 6.04. The second kappa shape index (κ2) is 6.86. The number of hydrogen-bond donors (Lipinski definition) is 0. The molecular formula is C18H37BO. The van der Waals surface area contributed by atoms with Crippen molar-refractivity contribution in [2.45, 2.75) is 98.9 Å². The van der Waals surface area contributed by atoms with Crippen LogP contribution in [0.5, 0.6) is 0 Å². The van der Waals surface area contributed by atoms with E-state index in [0.29, 0.717) is 17.4 Å². The smallest absolute Gasteiger partial charge is 0.0770 e. The van der Waals surface area contributed by atoms with E-state index in [4.69, 9.17) is 12.6 Å². The molecule has 0 saturated carbocycles. The third-order valence-corrected chi connectivity index (χ3v) is 3.98. The van der Waals surface area contributed by atoms with E-state index in [1.54, 1.807) is 0 Å². The van der Waals surface area contributed by atoms with E-state index in [2.05, 4.69) is 48.5 Å². The van der Waals surface area contributed by atoms with Crippen LogP contribution in [0.2, 0.25) is 5.31 Å². The van der Waals surface area contributed by atoms with Gasteiger partial charge in [0.1, 0.15) is 0 Å². The Morgan fingerprint density at radius 3 is 1.70 bits per heavy atom. The molecule has 0 rings (SSSR count). The topological polar surface area (TPSA) is 9.23 Å². The van der Waals surface area contributed by atoms with E-state index in [0.717, 1.165) is 6.42 Å². The highest BCUT2D eigenvalue weighted by molar-refractivity contribution is 6.14. The van der Waals surface area contributed by atoms with Crippen molar-refractivity contribution in [2.24, 2.45) is 10.8 Å². The Bertz CT molecular complexity index is 283. The van der Waals surface area contributed by atoms with E-state index in [1.807, 2.05) is 13.8 Å². The fourth-order valence-corrected chi connectivity index (χ4v) is 2.73. The first-order valence-corrected chi connectivity index (χ1v) is 8.11. The van der Waals surface area contributed by atoms with Crippen molar-refractivity contribution in [3.8, 4) is 0 Å². The molecular weight excluding hydrogens is 243 g/mol. The molecule has 0 aromatic rings. The molecule has 0 heterocycles. The lowest BCUT2D eigenvalue weighted by atomic mass is 9.70. The summed E-state index contributed by atoms with van der Waals surface area (Å²) in [4.78, 5) is 0. The monoisotopic (exact) mass is 280 g/mol. The summed E-state index contributed by atoms with van der Waals surface area (Å²) in [6.45, 7) is 20.7. The van der Waals surface area contributed by atoms with Crippen LogP contribution >= 0.6 is 0 Å². The molecule has 0 bridgehead atoms. The normalized spacial score (nSPS) is 17.1. The van der Waals surface area contributed by atoms with Crippen LogP contribution in [0, 0.1) is 10.8 Å². The van der Waals surface area contributed by atoms with Crippen LogP contribution in [0.25, 0.3) is 0 Å². The van der Waals surface area contributed by atoms with E-state index >= 15 is 0 Å². The first-order chi connectivity index (χ1) is 8.68. The molecule has 1 atom stereocenters. The van der Waals surface area contributed by atoms with E-state index in [1.165, 1.54) is 19.3 Å². The number of hydrogen-bond acceptors (Lipinski definition) is 1. The van der Waals surface area contributed by atoms with Crippen LogP contribution in [0.4, 0.5) is 0 Å². The molecule has 0 N–H and O–H groups in total. The summed E-state index contributed by atoms with van der Waals surface area (Å²) in [5, 5.41) is -0.253. The van der Waals surface area contributed by atoms with E-state index in [-0.39, 0.29) is 10.9 Å². The van der Waals surface area contributed by atoms with Gasteiger partial charge in [0.2, 0.25) is 0 Å². The predicted molar refractivity (Wildman–Crippen MR) is 91.5 cm³/mol. The lowest BCUT2D eigenvalue weighted by Gasteiger charge is -2.38. The highest BCUT2D eigenvalue weighted by atomic mass is 16.5. The van der Waals surface area contributed by atoms with Gasteiger partial charge in [0.05, 0.1) is 13.4 Å². The molecule has 0 aromatic heterocycles. The number of rotatable bonds is 8. The van der Waals surface area contributed by atoms with Gasteiger partial charge in [-0.2, -0.15) is 0 Å². The zero-order valence-electron chi connectivity index (χ0n) is 15.5. The van der Waals surface area contributed by atoms with E-state index < -0.39 is 0 Å². The minimum atomic E-state index is -0.253. The standard InChI is InChI=1S/C18H37BO/c1-10-18(9,13-15(2,3)4)12-11-17(7,8)20-14-16(5,6)19/h10-14H2,1-9H3. The van der Waals surface area contributed by atoms with Gasteiger partial charge in [0, 0.05) is 6.61 Å². The third kappa shape index (κ3) is 9.85. The largest absolute Gasteiger partial charge is 0.376 e. The minimum Gasteiger partial charge on any atom is -0.376 e. The van der Waals surface area contributed by atoms with Crippen molar-refractivity contribution < 1.29 is 4.74 Å². The second-order valence-electron chi connectivity index (χ2n) is 9.44. The summed E-state index contributed by atoms with van der Waals surface area (Å²) >= 11 is 0. The van der Waals surface area contributed by atoms with Crippen LogP contribution in [0.1, 0.15) is 88.0 Å². The van der Waals surface area contributed by atoms with Gasteiger partial charge in [0.25, 0.3) is 0 Å². The first kappa shape index (κ1) is 20.0. The van der Waals surface area contributed by atoms with Gasteiger partial charge in [-0.25, -0.2) is 0 Å². The van der Waals surface area contributed by atoms with Crippen LogP contribution in [0.15, 0.2) is 0 Å². The van der Waals surface area contributed by atoms with Gasteiger partial charge in [0.15, 0.2) is 0 Å². The molecule has 2 heteroatoms. The molecule has 118 valence electrons. The molecule has 0 aliphatic rings.